The third-order valence-electron chi connectivity index (χ3n) is 3.31. The molecule has 21 heavy (non-hydrogen) atoms. The number of hydrogen-bond acceptors (Lipinski definition) is 3. The van der Waals surface area contributed by atoms with E-state index in [0.717, 1.165) is 27.3 Å². The molecule has 0 bridgehead atoms. The van der Waals surface area contributed by atoms with E-state index >= 15 is 0 Å². The number of para-hydroxylation sites is 1. The Kier molecular flexibility index (Phi) is 3.88. The average Bonchev–Trinajstić information content (AvgIpc) is 2.47. The smallest absolute Gasteiger partial charge is 0.127 e. The lowest BCUT2D eigenvalue weighted by atomic mass is 10.2. The van der Waals surface area contributed by atoms with Gasteiger partial charge in [0.2, 0.25) is 0 Å². The Bertz CT molecular complexity index is 771. The predicted molar refractivity (Wildman–Crippen MR) is 84.9 cm³/mol. The summed E-state index contributed by atoms with van der Waals surface area (Å²) in [6.07, 6.45) is 0. The van der Waals surface area contributed by atoms with Crippen LogP contribution in [-0.4, -0.2) is 9.97 Å². The van der Waals surface area contributed by atoms with Crippen molar-refractivity contribution in [1.29, 1.82) is 0 Å². The summed E-state index contributed by atoms with van der Waals surface area (Å²) in [5, 5.41) is 2.22. The lowest BCUT2D eigenvalue weighted by Crippen LogP contribution is -1.95. The van der Waals surface area contributed by atoms with E-state index in [4.69, 9.17) is 0 Å². The topological polar surface area (TPSA) is 25.8 Å². The molecule has 1 heterocycles. The summed E-state index contributed by atoms with van der Waals surface area (Å²) < 4.78 is 13.0. The molecule has 2 nitrogen and oxygen atoms in total. The largest absolute Gasteiger partial charge is 0.233 e. The number of aryl methyl sites for hydroxylation is 1. The molecule has 0 N–H and O–H groups in total. The highest BCUT2D eigenvalue weighted by Gasteiger charge is 2.12. The van der Waals surface area contributed by atoms with Gasteiger partial charge in [-0.25, -0.2) is 14.4 Å². The molecule has 0 aliphatic rings. The molecule has 0 saturated carbocycles. The monoisotopic (exact) mass is 298 g/mol. The molecule has 3 aromatic rings. The normalized spacial score (nSPS) is 12.5. The molecule has 0 fully saturated rings. The molecule has 0 unspecified atom stereocenters. The molecular weight excluding hydrogens is 283 g/mol. The Morgan fingerprint density at radius 3 is 2.48 bits per heavy atom. The van der Waals surface area contributed by atoms with Gasteiger partial charge in [0.25, 0.3) is 0 Å². The van der Waals surface area contributed by atoms with Gasteiger partial charge in [-0.2, -0.15) is 0 Å². The maximum Gasteiger partial charge on any atom is 0.127 e. The van der Waals surface area contributed by atoms with Crippen LogP contribution in [0.15, 0.2) is 53.6 Å². The van der Waals surface area contributed by atoms with Crippen molar-refractivity contribution in [3.8, 4) is 0 Å². The quantitative estimate of drug-likeness (QED) is 0.506. The first-order valence-electron chi connectivity index (χ1n) is 6.79. The summed E-state index contributed by atoms with van der Waals surface area (Å²) >= 11 is 1.67. The minimum atomic E-state index is -0.209. The maximum atomic E-state index is 13.0. The van der Waals surface area contributed by atoms with Crippen LogP contribution in [-0.2, 0) is 0 Å². The molecule has 2 aromatic carbocycles. The summed E-state index contributed by atoms with van der Waals surface area (Å²) in [4.78, 5) is 9.02. The van der Waals surface area contributed by atoms with Crippen molar-refractivity contribution in [2.24, 2.45) is 0 Å². The standard InChI is InChI=1S/C17H15FN2S/c1-11(13-7-9-14(18)10-8-13)21-17-15-5-3-4-6-16(15)19-12(2)20-17/h3-11H,1-2H3/t11-/m1/s1. The lowest BCUT2D eigenvalue weighted by Gasteiger charge is -2.13. The third-order valence-corrected chi connectivity index (χ3v) is 4.47. The van der Waals surface area contributed by atoms with Crippen molar-refractivity contribution < 1.29 is 4.39 Å². The number of halogens is 1. The van der Waals surface area contributed by atoms with E-state index in [1.165, 1.54) is 12.1 Å². The van der Waals surface area contributed by atoms with E-state index in [1.807, 2.05) is 43.3 Å². The molecule has 0 amide bonds. The van der Waals surface area contributed by atoms with Gasteiger partial charge < -0.3 is 0 Å². The first-order chi connectivity index (χ1) is 10.1. The van der Waals surface area contributed by atoms with E-state index in [1.54, 1.807) is 11.8 Å². The highest BCUT2D eigenvalue weighted by molar-refractivity contribution is 7.99. The van der Waals surface area contributed by atoms with Gasteiger partial charge in [0.1, 0.15) is 16.7 Å². The fourth-order valence-corrected chi connectivity index (χ4v) is 3.33. The molecule has 0 radical (unpaired) electrons. The second kappa shape index (κ2) is 5.82. The van der Waals surface area contributed by atoms with Crippen molar-refractivity contribution in [3.05, 3.63) is 65.7 Å². The van der Waals surface area contributed by atoms with Crippen LogP contribution in [0, 0.1) is 12.7 Å². The van der Waals surface area contributed by atoms with E-state index in [-0.39, 0.29) is 11.1 Å². The molecule has 0 aliphatic heterocycles. The summed E-state index contributed by atoms with van der Waals surface area (Å²) in [6, 6.07) is 14.6. The molecule has 0 saturated heterocycles. The number of thioether (sulfide) groups is 1. The van der Waals surface area contributed by atoms with Crippen LogP contribution < -0.4 is 0 Å². The number of hydrogen-bond donors (Lipinski definition) is 0. The number of nitrogens with zero attached hydrogens (tertiary/aromatic N) is 2. The highest BCUT2D eigenvalue weighted by Crippen LogP contribution is 2.36. The van der Waals surface area contributed by atoms with Crippen LogP contribution >= 0.6 is 11.8 Å². The van der Waals surface area contributed by atoms with Gasteiger partial charge in [0.05, 0.1) is 5.52 Å². The van der Waals surface area contributed by atoms with Gasteiger partial charge in [0.15, 0.2) is 0 Å². The third kappa shape index (κ3) is 3.05. The van der Waals surface area contributed by atoms with E-state index < -0.39 is 0 Å². The summed E-state index contributed by atoms with van der Waals surface area (Å²) in [5.41, 5.74) is 2.04. The molecule has 106 valence electrons. The molecule has 1 aromatic heterocycles. The minimum absolute atomic E-state index is 0.198. The van der Waals surface area contributed by atoms with Crippen molar-refractivity contribution in [1.82, 2.24) is 9.97 Å². The van der Waals surface area contributed by atoms with Crippen molar-refractivity contribution in [2.75, 3.05) is 0 Å². The van der Waals surface area contributed by atoms with Gasteiger partial charge in [-0.05, 0) is 37.6 Å². The van der Waals surface area contributed by atoms with Gasteiger partial charge >= 0.3 is 0 Å². The Hall–Kier alpha value is -1.94. The van der Waals surface area contributed by atoms with Gasteiger partial charge in [-0.1, -0.05) is 42.1 Å². The zero-order chi connectivity index (χ0) is 14.8. The zero-order valence-electron chi connectivity index (χ0n) is 11.9. The van der Waals surface area contributed by atoms with Crippen molar-refractivity contribution in [2.45, 2.75) is 24.1 Å². The zero-order valence-corrected chi connectivity index (χ0v) is 12.7. The van der Waals surface area contributed by atoms with Crippen LogP contribution in [0.2, 0.25) is 0 Å². The van der Waals surface area contributed by atoms with Crippen LogP contribution in [0.1, 0.15) is 23.6 Å². The Balaban J connectivity index is 1.95. The van der Waals surface area contributed by atoms with Crippen molar-refractivity contribution in [3.63, 3.8) is 0 Å². The molecule has 3 rings (SSSR count). The van der Waals surface area contributed by atoms with Crippen LogP contribution in [0.25, 0.3) is 10.9 Å². The summed E-state index contributed by atoms with van der Waals surface area (Å²) in [7, 11) is 0. The van der Waals surface area contributed by atoms with E-state index in [2.05, 4.69) is 16.9 Å². The number of rotatable bonds is 3. The van der Waals surface area contributed by atoms with Crippen LogP contribution in [0.4, 0.5) is 4.39 Å². The molecule has 0 spiro atoms. The number of benzene rings is 2. The SMILES string of the molecule is Cc1nc(S[C@H](C)c2ccc(F)cc2)c2ccccc2n1. The summed E-state index contributed by atoms with van der Waals surface area (Å²) in [5.74, 6) is 0.557. The molecule has 0 aliphatic carbocycles. The first-order valence-corrected chi connectivity index (χ1v) is 7.67. The average molecular weight is 298 g/mol. The van der Waals surface area contributed by atoms with Gasteiger partial charge in [-0.15, -0.1) is 0 Å². The molecular formula is C17H15FN2S. The molecule has 4 heteroatoms. The van der Waals surface area contributed by atoms with Crippen LogP contribution in [0.5, 0.6) is 0 Å². The fraction of sp³-hybridized carbons (Fsp3) is 0.176. The number of aromatic nitrogens is 2. The Morgan fingerprint density at radius 1 is 1.00 bits per heavy atom. The maximum absolute atomic E-state index is 13.0. The Morgan fingerprint density at radius 2 is 1.71 bits per heavy atom. The molecule has 1 atom stereocenters. The van der Waals surface area contributed by atoms with E-state index in [0.29, 0.717) is 0 Å². The number of fused-ring (bicyclic) bond motifs is 1. The fourth-order valence-electron chi connectivity index (χ4n) is 2.22. The highest BCUT2D eigenvalue weighted by atomic mass is 32.2. The van der Waals surface area contributed by atoms with Crippen molar-refractivity contribution >= 4 is 22.7 Å². The summed E-state index contributed by atoms with van der Waals surface area (Å²) in [6.45, 7) is 4.00. The lowest BCUT2D eigenvalue weighted by molar-refractivity contribution is 0.627. The first kappa shape index (κ1) is 14.0. The van der Waals surface area contributed by atoms with Gasteiger partial charge in [-0.3, -0.25) is 0 Å². The van der Waals surface area contributed by atoms with E-state index in [9.17, 15) is 4.39 Å². The Labute approximate surface area is 127 Å². The van der Waals surface area contributed by atoms with Gasteiger partial charge in [0, 0.05) is 10.6 Å². The second-order valence-electron chi connectivity index (χ2n) is 4.90. The van der Waals surface area contributed by atoms with Crippen LogP contribution in [0.3, 0.4) is 0 Å². The second-order valence-corrected chi connectivity index (χ2v) is 6.23. The minimum Gasteiger partial charge on any atom is -0.233 e. The predicted octanol–water partition coefficient (Wildman–Crippen LogP) is 4.93.